The monoisotopic (exact) mass is 281 g/mol. The van der Waals surface area contributed by atoms with Gasteiger partial charge in [0.1, 0.15) is 24.5 Å². The Bertz CT molecular complexity index is 422. The van der Waals surface area contributed by atoms with Gasteiger partial charge in [0, 0.05) is 6.54 Å². The fourth-order valence-electron chi connectivity index (χ4n) is 1.68. The second-order valence-electron chi connectivity index (χ2n) is 4.62. The van der Waals surface area contributed by atoms with Gasteiger partial charge in [0.05, 0.1) is 7.11 Å². The van der Waals surface area contributed by atoms with Crippen LogP contribution in [-0.2, 0) is 16.0 Å². The Labute approximate surface area is 119 Å². The van der Waals surface area contributed by atoms with Crippen LogP contribution in [-0.4, -0.2) is 43.5 Å². The molecule has 0 spiro atoms. The molecule has 0 saturated carbocycles. The van der Waals surface area contributed by atoms with Gasteiger partial charge >= 0.3 is 5.97 Å². The molecule has 0 aliphatic rings. The maximum Gasteiger partial charge on any atom is 0.322 e. The van der Waals surface area contributed by atoms with Crippen molar-refractivity contribution in [1.82, 2.24) is 5.32 Å². The van der Waals surface area contributed by atoms with E-state index in [1.165, 1.54) is 12.7 Å². The molecule has 20 heavy (non-hydrogen) atoms. The Balaban J connectivity index is 2.32. The highest BCUT2D eigenvalue weighted by molar-refractivity contribution is 5.75. The molecule has 5 nitrogen and oxygen atoms in total. The van der Waals surface area contributed by atoms with Crippen molar-refractivity contribution in [3.05, 3.63) is 29.8 Å². The summed E-state index contributed by atoms with van der Waals surface area (Å²) < 4.78 is 10.1. The van der Waals surface area contributed by atoms with Crippen molar-refractivity contribution >= 4 is 5.97 Å². The second-order valence-corrected chi connectivity index (χ2v) is 4.62. The standard InChI is InChI=1S/C15H23NO4/c1-4-12-6-5-7-14(8-12)20-10-13(17)9-16-11(2)15(18)19-3/h5-8,11,13,16-17H,4,9-10H2,1-3H3. The first-order chi connectivity index (χ1) is 9.56. The van der Waals surface area contributed by atoms with Crippen LogP contribution in [0.4, 0.5) is 0 Å². The zero-order valence-corrected chi connectivity index (χ0v) is 12.3. The van der Waals surface area contributed by atoms with Gasteiger partial charge in [-0.2, -0.15) is 0 Å². The average molecular weight is 281 g/mol. The molecule has 112 valence electrons. The summed E-state index contributed by atoms with van der Waals surface area (Å²) in [5.74, 6) is 0.387. The minimum atomic E-state index is -0.688. The van der Waals surface area contributed by atoms with Crippen molar-refractivity contribution < 1.29 is 19.4 Å². The molecule has 0 fully saturated rings. The first-order valence-electron chi connectivity index (χ1n) is 6.77. The highest BCUT2D eigenvalue weighted by atomic mass is 16.5. The number of rotatable bonds is 8. The van der Waals surface area contributed by atoms with Crippen LogP contribution in [0.25, 0.3) is 0 Å². The topological polar surface area (TPSA) is 67.8 Å². The summed E-state index contributed by atoms with van der Waals surface area (Å²) in [6, 6.07) is 7.33. The smallest absolute Gasteiger partial charge is 0.322 e. The predicted octanol–water partition coefficient (Wildman–Crippen LogP) is 1.14. The third kappa shape index (κ3) is 5.59. The number of ether oxygens (including phenoxy) is 2. The Hall–Kier alpha value is -1.59. The molecular formula is C15H23NO4. The van der Waals surface area contributed by atoms with Gasteiger partial charge in [-0.25, -0.2) is 0 Å². The first-order valence-corrected chi connectivity index (χ1v) is 6.77. The van der Waals surface area contributed by atoms with E-state index in [9.17, 15) is 9.90 Å². The molecule has 0 aliphatic heterocycles. The molecule has 0 aliphatic carbocycles. The lowest BCUT2D eigenvalue weighted by atomic mass is 10.2. The number of esters is 1. The van der Waals surface area contributed by atoms with E-state index in [0.29, 0.717) is 0 Å². The number of aliphatic hydroxyl groups is 1. The molecule has 0 saturated heterocycles. The highest BCUT2D eigenvalue weighted by Gasteiger charge is 2.14. The maximum atomic E-state index is 11.2. The molecule has 0 aromatic heterocycles. The molecule has 1 rings (SSSR count). The van der Waals surface area contributed by atoms with E-state index in [4.69, 9.17) is 4.74 Å². The lowest BCUT2D eigenvalue weighted by molar-refractivity contribution is -0.142. The van der Waals surface area contributed by atoms with E-state index in [1.807, 2.05) is 24.3 Å². The number of aryl methyl sites for hydroxylation is 1. The molecule has 1 aromatic carbocycles. The van der Waals surface area contributed by atoms with Gasteiger partial charge in [0.15, 0.2) is 0 Å². The quantitative estimate of drug-likeness (QED) is 0.699. The number of benzene rings is 1. The van der Waals surface area contributed by atoms with E-state index in [-0.39, 0.29) is 19.1 Å². The average Bonchev–Trinajstić information content (AvgIpc) is 2.49. The summed E-state index contributed by atoms with van der Waals surface area (Å²) in [5.41, 5.74) is 1.19. The molecule has 1 aromatic rings. The second kappa shape index (κ2) is 8.55. The third-order valence-corrected chi connectivity index (χ3v) is 2.96. The van der Waals surface area contributed by atoms with Crippen LogP contribution in [0.2, 0.25) is 0 Å². The number of hydrogen-bond acceptors (Lipinski definition) is 5. The SMILES string of the molecule is CCc1cccc(OCC(O)CNC(C)C(=O)OC)c1. The lowest BCUT2D eigenvalue weighted by Gasteiger charge is -2.16. The zero-order valence-electron chi connectivity index (χ0n) is 12.3. The Kier molecular flexibility index (Phi) is 7.04. The van der Waals surface area contributed by atoms with Gasteiger partial charge in [0.2, 0.25) is 0 Å². The van der Waals surface area contributed by atoms with Crippen molar-refractivity contribution in [2.75, 3.05) is 20.3 Å². The number of hydrogen-bond donors (Lipinski definition) is 2. The molecule has 0 heterocycles. The molecule has 2 unspecified atom stereocenters. The molecule has 2 atom stereocenters. The normalized spacial score (nSPS) is 13.6. The van der Waals surface area contributed by atoms with E-state index in [0.717, 1.165) is 12.2 Å². The van der Waals surface area contributed by atoms with Crippen molar-refractivity contribution in [1.29, 1.82) is 0 Å². The van der Waals surface area contributed by atoms with Crippen molar-refractivity contribution in [3.63, 3.8) is 0 Å². The summed E-state index contributed by atoms with van der Waals surface area (Å²) in [4.78, 5) is 11.2. The fraction of sp³-hybridized carbons (Fsp3) is 0.533. The van der Waals surface area contributed by atoms with E-state index in [1.54, 1.807) is 6.92 Å². The Morgan fingerprint density at radius 3 is 2.85 bits per heavy atom. The van der Waals surface area contributed by atoms with Crippen LogP contribution in [0.3, 0.4) is 0 Å². The van der Waals surface area contributed by atoms with E-state index < -0.39 is 12.1 Å². The molecule has 0 bridgehead atoms. The molecule has 2 N–H and O–H groups in total. The van der Waals surface area contributed by atoms with Crippen LogP contribution in [0.1, 0.15) is 19.4 Å². The molecule has 5 heteroatoms. The van der Waals surface area contributed by atoms with E-state index in [2.05, 4.69) is 17.0 Å². The summed E-state index contributed by atoms with van der Waals surface area (Å²) in [5, 5.41) is 12.7. The molecule has 0 radical (unpaired) electrons. The van der Waals surface area contributed by atoms with Crippen LogP contribution in [0.15, 0.2) is 24.3 Å². The fourth-order valence-corrected chi connectivity index (χ4v) is 1.68. The molecular weight excluding hydrogens is 258 g/mol. The minimum absolute atomic E-state index is 0.175. The minimum Gasteiger partial charge on any atom is -0.491 e. The highest BCUT2D eigenvalue weighted by Crippen LogP contribution is 2.13. The van der Waals surface area contributed by atoms with Gasteiger partial charge in [-0.05, 0) is 31.0 Å². The summed E-state index contributed by atoms with van der Waals surface area (Å²) >= 11 is 0. The summed E-state index contributed by atoms with van der Waals surface area (Å²) in [7, 11) is 1.33. The number of carbonyl (C=O) groups excluding carboxylic acids is 1. The van der Waals surface area contributed by atoms with Gasteiger partial charge in [-0.1, -0.05) is 19.1 Å². The van der Waals surface area contributed by atoms with Crippen LogP contribution >= 0.6 is 0 Å². The zero-order chi connectivity index (χ0) is 15.0. The predicted molar refractivity (Wildman–Crippen MR) is 76.8 cm³/mol. The van der Waals surface area contributed by atoms with Gasteiger partial charge < -0.3 is 19.9 Å². The summed E-state index contributed by atoms with van der Waals surface area (Å²) in [6.07, 6.45) is 0.255. The van der Waals surface area contributed by atoms with Crippen LogP contribution in [0, 0.1) is 0 Å². The van der Waals surface area contributed by atoms with Gasteiger partial charge in [0.25, 0.3) is 0 Å². The largest absolute Gasteiger partial charge is 0.491 e. The molecule has 0 amide bonds. The van der Waals surface area contributed by atoms with Crippen LogP contribution < -0.4 is 10.1 Å². The third-order valence-electron chi connectivity index (χ3n) is 2.96. The summed E-state index contributed by atoms with van der Waals surface area (Å²) in [6.45, 7) is 4.20. The Morgan fingerprint density at radius 2 is 2.20 bits per heavy atom. The van der Waals surface area contributed by atoms with Gasteiger partial charge in [-0.3, -0.25) is 4.79 Å². The van der Waals surface area contributed by atoms with E-state index >= 15 is 0 Å². The lowest BCUT2D eigenvalue weighted by Crippen LogP contribution is -2.41. The first kappa shape index (κ1) is 16.5. The Morgan fingerprint density at radius 1 is 1.45 bits per heavy atom. The van der Waals surface area contributed by atoms with Crippen molar-refractivity contribution in [2.45, 2.75) is 32.4 Å². The number of carbonyl (C=O) groups is 1. The number of methoxy groups -OCH3 is 1. The van der Waals surface area contributed by atoms with Crippen molar-refractivity contribution in [2.24, 2.45) is 0 Å². The number of nitrogens with one attached hydrogen (secondary N) is 1. The van der Waals surface area contributed by atoms with Gasteiger partial charge in [-0.15, -0.1) is 0 Å². The maximum absolute atomic E-state index is 11.2. The number of aliphatic hydroxyl groups excluding tert-OH is 1. The van der Waals surface area contributed by atoms with Crippen molar-refractivity contribution in [3.8, 4) is 5.75 Å². The van der Waals surface area contributed by atoms with Crippen LogP contribution in [0.5, 0.6) is 5.75 Å².